The zero-order valence-electron chi connectivity index (χ0n) is 17.6. The highest BCUT2D eigenvalue weighted by molar-refractivity contribution is 5.96. The number of piperidine rings is 1. The van der Waals surface area contributed by atoms with Crippen LogP contribution in [0.15, 0.2) is 18.2 Å². The zero-order valence-corrected chi connectivity index (χ0v) is 17.6. The normalized spacial score (nSPS) is 20.7. The van der Waals surface area contributed by atoms with Crippen LogP contribution in [0.4, 0.5) is 0 Å². The van der Waals surface area contributed by atoms with E-state index >= 15 is 0 Å². The lowest BCUT2D eigenvalue weighted by Crippen LogP contribution is -2.51. The SMILES string of the molecule is COc1cc(OC)cc(C(=O)NCC(=O)OCC(=O)N2CCC[C@@H]3CCCC[C@H]32)c1. The molecule has 0 unspecified atom stereocenters. The number of carbonyl (C=O) groups is 3. The van der Waals surface area contributed by atoms with Crippen LogP contribution in [0.3, 0.4) is 0 Å². The van der Waals surface area contributed by atoms with Gasteiger partial charge < -0.3 is 24.4 Å². The van der Waals surface area contributed by atoms with E-state index in [1.54, 1.807) is 18.2 Å². The average molecular weight is 418 g/mol. The zero-order chi connectivity index (χ0) is 21.5. The number of hydrogen-bond donors (Lipinski definition) is 1. The molecule has 1 saturated carbocycles. The second kappa shape index (κ2) is 10.3. The van der Waals surface area contributed by atoms with Gasteiger partial charge >= 0.3 is 5.97 Å². The maximum Gasteiger partial charge on any atom is 0.325 e. The van der Waals surface area contributed by atoms with Crippen molar-refractivity contribution in [3.8, 4) is 11.5 Å². The number of likely N-dealkylation sites (tertiary alicyclic amines) is 1. The van der Waals surface area contributed by atoms with Crippen LogP contribution in [0.25, 0.3) is 0 Å². The van der Waals surface area contributed by atoms with Gasteiger partial charge in [-0.05, 0) is 43.7 Å². The molecule has 1 aromatic carbocycles. The predicted molar refractivity (Wildman–Crippen MR) is 110 cm³/mol. The molecule has 2 aliphatic rings. The molecule has 1 aliphatic heterocycles. The molecule has 1 aliphatic carbocycles. The van der Waals surface area contributed by atoms with Gasteiger partial charge in [-0.15, -0.1) is 0 Å². The Kier molecular flexibility index (Phi) is 7.54. The van der Waals surface area contributed by atoms with Crippen molar-refractivity contribution in [3.63, 3.8) is 0 Å². The van der Waals surface area contributed by atoms with Crippen molar-refractivity contribution in [3.05, 3.63) is 23.8 Å². The van der Waals surface area contributed by atoms with E-state index in [0.717, 1.165) is 25.8 Å². The van der Waals surface area contributed by atoms with Crippen LogP contribution in [0.5, 0.6) is 11.5 Å². The Hall–Kier alpha value is -2.77. The molecule has 2 atom stereocenters. The van der Waals surface area contributed by atoms with E-state index < -0.39 is 11.9 Å². The van der Waals surface area contributed by atoms with Gasteiger partial charge in [0.1, 0.15) is 18.0 Å². The van der Waals surface area contributed by atoms with Crippen LogP contribution >= 0.6 is 0 Å². The summed E-state index contributed by atoms with van der Waals surface area (Å²) in [6, 6.07) is 5.02. The Morgan fingerprint density at radius 3 is 2.37 bits per heavy atom. The molecule has 1 aromatic rings. The maximum atomic E-state index is 12.6. The minimum absolute atomic E-state index is 0.149. The van der Waals surface area contributed by atoms with E-state index in [9.17, 15) is 14.4 Å². The summed E-state index contributed by atoms with van der Waals surface area (Å²) >= 11 is 0. The van der Waals surface area contributed by atoms with Crippen LogP contribution in [0.2, 0.25) is 0 Å². The molecule has 2 amide bonds. The van der Waals surface area contributed by atoms with Gasteiger partial charge in [0.05, 0.1) is 14.2 Å². The number of esters is 1. The van der Waals surface area contributed by atoms with E-state index in [2.05, 4.69) is 5.32 Å². The fourth-order valence-corrected chi connectivity index (χ4v) is 4.40. The Bertz CT molecular complexity index is 757. The quantitative estimate of drug-likeness (QED) is 0.682. The molecule has 1 N–H and O–H groups in total. The smallest absolute Gasteiger partial charge is 0.325 e. The van der Waals surface area contributed by atoms with Crippen LogP contribution in [0.1, 0.15) is 48.9 Å². The van der Waals surface area contributed by atoms with E-state index in [1.807, 2.05) is 4.90 Å². The lowest BCUT2D eigenvalue weighted by atomic mass is 9.78. The summed E-state index contributed by atoms with van der Waals surface area (Å²) in [6.07, 6.45) is 6.76. The van der Waals surface area contributed by atoms with Crippen molar-refractivity contribution < 1.29 is 28.6 Å². The van der Waals surface area contributed by atoms with E-state index in [0.29, 0.717) is 23.0 Å². The highest BCUT2D eigenvalue weighted by atomic mass is 16.5. The first-order valence-corrected chi connectivity index (χ1v) is 10.5. The molecular formula is C22H30N2O6. The Morgan fingerprint density at radius 2 is 1.67 bits per heavy atom. The maximum absolute atomic E-state index is 12.6. The summed E-state index contributed by atoms with van der Waals surface area (Å²) < 4.78 is 15.4. The number of carbonyl (C=O) groups excluding carboxylic acids is 3. The fraction of sp³-hybridized carbons (Fsp3) is 0.591. The summed E-state index contributed by atoms with van der Waals surface area (Å²) in [7, 11) is 2.98. The second-order valence-electron chi connectivity index (χ2n) is 7.79. The van der Waals surface area contributed by atoms with Gasteiger partial charge in [-0.2, -0.15) is 0 Å². The van der Waals surface area contributed by atoms with Crippen LogP contribution in [-0.2, 0) is 14.3 Å². The van der Waals surface area contributed by atoms with Crippen LogP contribution in [-0.4, -0.2) is 62.6 Å². The first kappa shape index (κ1) is 21.9. The van der Waals surface area contributed by atoms with Gasteiger partial charge in [0.2, 0.25) is 0 Å². The van der Waals surface area contributed by atoms with Crippen molar-refractivity contribution in [1.82, 2.24) is 10.2 Å². The summed E-state index contributed by atoms with van der Waals surface area (Å²) in [5, 5.41) is 2.50. The summed E-state index contributed by atoms with van der Waals surface area (Å²) in [4.78, 5) is 38.8. The van der Waals surface area contributed by atoms with Crippen LogP contribution in [0, 0.1) is 5.92 Å². The van der Waals surface area contributed by atoms with Crippen LogP contribution < -0.4 is 14.8 Å². The fourth-order valence-electron chi connectivity index (χ4n) is 4.40. The molecule has 30 heavy (non-hydrogen) atoms. The molecule has 2 fully saturated rings. The van der Waals surface area contributed by atoms with E-state index in [4.69, 9.17) is 14.2 Å². The van der Waals surface area contributed by atoms with Crippen molar-refractivity contribution in [2.75, 3.05) is 33.9 Å². The summed E-state index contributed by atoms with van der Waals surface area (Å²) in [6.45, 7) is 0.120. The number of nitrogens with one attached hydrogen (secondary N) is 1. The largest absolute Gasteiger partial charge is 0.497 e. The summed E-state index contributed by atoms with van der Waals surface area (Å²) in [5.41, 5.74) is 0.298. The van der Waals surface area contributed by atoms with E-state index in [1.165, 1.54) is 33.5 Å². The molecule has 0 aromatic heterocycles. The van der Waals surface area contributed by atoms with Crippen molar-refractivity contribution in [2.45, 2.75) is 44.6 Å². The predicted octanol–water partition coefficient (Wildman–Crippen LogP) is 2.16. The topological polar surface area (TPSA) is 94.2 Å². The van der Waals surface area contributed by atoms with Gasteiger partial charge in [-0.25, -0.2) is 0 Å². The molecule has 164 valence electrons. The number of methoxy groups -OCH3 is 2. The number of fused-ring (bicyclic) bond motifs is 1. The molecule has 1 heterocycles. The third kappa shape index (κ3) is 5.43. The molecule has 8 nitrogen and oxygen atoms in total. The second-order valence-corrected chi connectivity index (χ2v) is 7.79. The van der Waals surface area contributed by atoms with Gasteiger partial charge in [0.15, 0.2) is 6.61 Å². The minimum atomic E-state index is -0.649. The van der Waals surface area contributed by atoms with Crippen molar-refractivity contribution >= 4 is 17.8 Å². The standard InChI is InChI=1S/C22H30N2O6/c1-28-17-10-16(11-18(12-17)29-2)22(27)23-13-21(26)30-14-20(25)24-9-5-7-15-6-3-4-8-19(15)24/h10-12,15,19H,3-9,13-14H2,1-2H3,(H,23,27)/t15-,19+/m0/s1. The first-order valence-electron chi connectivity index (χ1n) is 10.5. The number of amides is 2. The third-order valence-electron chi connectivity index (χ3n) is 5.93. The van der Waals surface area contributed by atoms with Crippen molar-refractivity contribution in [2.24, 2.45) is 5.92 Å². The third-order valence-corrected chi connectivity index (χ3v) is 5.93. The highest BCUT2D eigenvalue weighted by Crippen LogP contribution is 2.35. The molecular weight excluding hydrogens is 388 g/mol. The van der Waals surface area contributed by atoms with Crippen molar-refractivity contribution in [1.29, 1.82) is 0 Å². The van der Waals surface area contributed by atoms with E-state index in [-0.39, 0.29) is 25.1 Å². The molecule has 0 radical (unpaired) electrons. The lowest BCUT2D eigenvalue weighted by molar-refractivity contribution is -0.154. The Balaban J connectivity index is 1.46. The minimum Gasteiger partial charge on any atom is -0.497 e. The monoisotopic (exact) mass is 418 g/mol. The number of benzene rings is 1. The number of hydrogen-bond acceptors (Lipinski definition) is 6. The van der Waals surface area contributed by atoms with Gasteiger partial charge in [0, 0.05) is 24.2 Å². The van der Waals surface area contributed by atoms with Gasteiger partial charge in [-0.1, -0.05) is 12.8 Å². The number of nitrogens with zero attached hydrogens (tertiary/aromatic N) is 1. The lowest BCUT2D eigenvalue weighted by Gasteiger charge is -2.44. The molecule has 1 saturated heterocycles. The molecule has 3 rings (SSSR count). The average Bonchev–Trinajstić information content (AvgIpc) is 2.80. The highest BCUT2D eigenvalue weighted by Gasteiger charge is 2.35. The Labute approximate surface area is 176 Å². The number of rotatable bonds is 7. The Morgan fingerprint density at radius 1 is 1.00 bits per heavy atom. The van der Waals surface area contributed by atoms with Gasteiger partial charge in [-0.3, -0.25) is 14.4 Å². The first-order chi connectivity index (χ1) is 14.5. The molecule has 0 bridgehead atoms. The molecule has 8 heteroatoms. The number of ether oxygens (including phenoxy) is 3. The van der Waals surface area contributed by atoms with Gasteiger partial charge in [0.25, 0.3) is 11.8 Å². The summed E-state index contributed by atoms with van der Waals surface area (Å²) in [5.74, 6) is 0.251. The molecule has 0 spiro atoms.